The van der Waals surface area contributed by atoms with Gasteiger partial charge in [-0.2, -0.15) is 0 Å². The highest BCUT2D eigenvalue weighted by atomic mass is 79.9. The summed E-state index contributed by atoms with van der Waals surface area (Å²) in [6.07, 6.45) is -0.432. The minimum Gasteiger partial charge on any atom is -0.496 e. The number of fused-ring (bicyclic) bond motifs is 1. The Hall–Kier alpha value is -2.34. The van der Waals surface area contributed by atoms with E-state index in [1.807, 2.05) is 37.3 Å². The number of halogens is 1. The van der Waals surface area contributed by atoms with Gasteiger partial charge in [-0.05, 0) is 52.2 Å². The van der Waals surface area contributed by atoms with Crippen molar-refractivity contribution in [3.05, 3.63) is 63.6 Å². The summed E-state index contributed by atoms with van der Waals surface area (Å²) in [6, 6.07) is 12.6. The third kappa shape index (κ3) is 3.69. The molecule has 130 valence electrons. The summed E-state index contributed by atoms with van der Waals surface area (Å²) < 4.78 is 11.3. The topological polar surface area (TPSA) is 64.6 Å². The number of amides is 1. The maximum absolute atomic E-state index is 12.5. The zero-order valence-electron chi connectivity index (χ0n) is 13.9. The molecule has 0 saturated carbocycles. The van der Waals surface area contributed by atoms with E-state index in [0.717, 1.165) is 21.3 Å². The molecule has 0 aliphatic carbocycles. The van der Waals surface area contributed by atoms with Crippen LogP contribution in [0.4, 0.5) is 0 Å². The lowest BCUT2D eigenvalue weighted by atomic mass is 9.98. The van der Waals surface area contributed by atoms with Crippen LogP contribution in [0.1, 0.15) is 34.5 Å². The van der Waals surface area contributed by atoms with Gasteiger partial charge in [-0.3, -0.25) is 4.79 Å². The van der Waals surface area contributed by atoms with Gasteiger partial charge in [0.1, 0.15) is 5.75 Å². The fraction of sp³-hybridized carbons (Fsp3) is 0.263. The molecule has 0 spiro atoms. The molecule has 2 aromatic rings. The van der Waals surface area contributed by atoms with Crippen molar-refractivity contribution in [1.82, 2.24) is 5.32 Å². The predicted molar refractivity (Wildman–Crippen MR) is 96.6 cm³/mol. The second kappa shape index (κ2) is 7.27. The summed E-state index contributed by atoms with van der Waals surface area (Å²) in [4.78, 5) is 24.6. The highest BCUT2D eigenvalue weighted by Gasteiger charge is 2.31. The molecule has 25 heavy (non-hydrogen) atoms. The molecule has 0 aromatic heterocycles. The van der Waals surface area contributed by atoms with E-state index in [1.165, 1.54) is 0 Å². The molecular formula is C19H18BrNO4. The summed E-state index contributed by atoms with van der Waals surface area (Å²) >= 11 is 3.44. The average Bonchev–Trinajstić information content (AvgIpc) is 2.61. The summed E-state index contributed by atoms with van der Waals surface area (Å²) in [5.74, 6) is -0.0377. The van der Waals surface area contributed by atoms with E-state index in [1.54, 1.807) is 19.2 Å². The zero-order chi connectivity index (χ0) is 18.0. The van der Waals surface area contributed by atoms with Gasteiger partial charge in [0.05, 0.1) is 23.2 Å². The van der Waals surface area contributed by atoms with Crippen molar-refractivity contribution in [3.63, 3.8) is 0 Å². The minimum atomic E-state index is -0.813. The molecule has 1 aliphatic rings. The van der Waals surface area contributed by atoms with Crippen LogP contribution in [0.3, 0.4) is 0 Å². The van der Waals surface area contributed by atoms with E-state index in [9.17, 15) is 9.59 Å². The van der Waals surface area contributed by atoms with Crippen molar-refractivity contribution in [2.45, 2.75) is 25.5 Å². The molecule has 0 fully saturated rings. The Morgan fingerprint density at radius 2 is 2.08 bits per heavy atom. The minimum absolute atomic E-state index is 0.231. The molecule has 3 rings (SSSR count). The van der Waals surface area contributed by atoms with Gasteiger partial charge in [0.25, 0.3) is 5.91 Å². The molecule has 1 heterocycles. The largest absolute Gasteiger partial charge is 0.496 e. The Morgan fingerprint density at radius 3 is 2.80 bits per heavy atom. The maximum Gasteiger partial charge on any atom is 0.339 e. The Balaban J connectivity index is 1.70. The van der Waals surface area contributed by atoms with Crippen LogP contribution < -0.4 is 10.1 Å². The lowest BCUT2D eigenvalue weighted by Gasteiger charge is -2.25. The SMILES string of the molecule is COc1ccc(C(C)NC(=O)C2Cc3ccccc3C(=O)O2)cc1Br. The fourth-order valence-corrected chi connectivity index (χ4v) is 3.38. The van der Waals surface area contributed by atoms with Gasteiger partial charge in [-0.15, -0.1) is 0 Å². The normalized spacial score (nSPS) is 17.2. The van der Waals surface area contributed by atoms with Crippen LogP contribution in [0.5, 0.6) is 5.75 Å². The van der Waals surface area contributed by atoms with Gasteiger partial charge in [-0.1, -0.05) is 24.3 Å². The number of carbonyl (C=O) groups is 2. The highest BCUT2D eigenvalue weighted by Crippen LogP contribution is 2.28. The number of methoxy groups -OCH3 is 1. The van der Waals surface area contributed by atoms with Gasteiger partial charge in [0, 0.05) is 6.42 Å². The van der Waals surface area contributed by atoms with E-state index < -0.39 is 12.1 Å². The molecule has 5 nitrogen and oxygen atoms in total. The Morgan fingerprint density at radius 1 is 1.32 bits per heavy atom. The van der Waals surface area contributed by atoms with Crippen LogP contribution >= 0.6 is 15.9 Å². The fourth-order valence-electron chi connectivity index (χ4n) is 2.82. The number of benzene rings is 2. The standard InChI is InChI=1S/C19H18BrNO4/c1-11(12-7-8-16(24-2)15(20)9-12)21-18(22)17-10-13-5-3-4-6-14(13)19(23)25-17/h3-9,11,17H,10H2,1-2H3,(H,21,22). The number of cyclic esters (lactones) is 1. The van der Waals surface area contributed by atoms with Crippen molar-refractivity contribution in [2.75, 3.05) is 7.11 Å². The lowest BCUT2D eigenvalue weighted by molar-refractivity contribution is -0.131. The van der Waals surface area contributed by atoms with Crippen LogP contribution in [0.15, 0.2) is 46.9 Å². The number of carbonyl (C=O) groups excluding carboxylic acids is 2. The number of hydrogen-bond donors (Lipinski definition) is 1. The van der Waals surface area contributed by atoms with Crippen molar-refractivity contribution < 1.29 is 19.1 Å². The van der Waals surface area contributed by atoms with Crippen molar-refractivity contribution >= 4 is 27.8 Å². The van der Waals surface area contributed by atoms with Crippen LogP contribution in [0.2, 0.25) is 0 Å². The van der Waals surface area contributed by atoms with Crippen LogP contribution in [-0.2, 0) is 16.0 Å². The Kier molecular flexibility index (Phi) is 5.08. The Bertz CT molecular complexity index is 821. The molecule has 0 saturated heterocycles. The van der Waals surface area contributed by atoms with Gasteiger partial charge in [0.2, 0.25) is 0 Å². The lowest BCUT2D eigenvalue weighted by Crippen LogP contribution is -2.42. The first-order chi connectivity index (χ1) is 12.0. The number of rotatable bonds is 4. The third-order valence-electron chi connectivity index (χ3n) is 4.22. The summed E-state index contributed by atoms with van der Waals surface area (Å²) in [6.45, 7) is 1.88. The van der Waals surface area contributed by atoms with E-state index in [-0.39, 0.29) is 11.9 Å². The molecule has 0 radical (unpaired) electrons. The van der Waals surface area contributed by atoms with Gasteiger partial charge in [0.15, 0.2) is 6.10 Å². The summed E-state index contributed by atoms with van der Waals surface area (Å²) in [5.41, 5.74) is 2.28. The third-order valence-corrected chi connectivity index (χ3v) is 4.84. The highest BCUT2D eigenvalue weighted by molar-refractivity contribution is 9.10. The summed E-state index contributed by atoms with van der Waals surface area (Å²) in [5, 5.41) is 2.90. The first kappa shape index (κ1) is 17.5. The molecule has 2 atom stereocenters. The second-order valence-corrected chi connectivity index (χ2v) is 6.73. The van der Waals surface area contributed by atoms with Gasteiger partial charge in [-0.25, -0.2) is 4.79 Å². The smallest absolute Gasteiger partial charge is 0.339 e. The molecular weight excluding hydrogens is 386 g/mol. The van der Waals surface area contributed by atoms with Crippen molar-refractivity contribution in [1.29, 1.82) is 0 Å². The van der Waals surface area contributed by atoms with E-state index in [0.29, 0.717) is 12.0 Å². The van der Waals surface area contributed by atoms with E-state index >= 15 is 0 Å². The first-order valence-corrected chi connectivity index (χ1v) is 8.71. The molecule has 0 bridgehead atoms. The molecule has 1 N–H and O–H groups in total. The average molecular weight is 404 g/mol. The van der Waals surface area contributed by atoms with Crippen LogP contribution in [0.25, 0.3) is 0 Å². The van der Waals surface area contributed by atoms with Crippen LogP contribution in [0, 0.1) is 0 Å². The monoisotopic (exact) mass is 403 g/mol. The van der Waals surface area contributed by atoms with Crippen molar-refractivity contribution in [2.24, 2.45) is 0 Å². The van der Waals surface area contributed by atoms with Gasteiger partial charge >= 0.3 is 5.97 Å². The maximum atomic E-state index is 12.5. The predicted octanol–water partition coefficient (Wildman–Crippen LogP) is 3.42. The number of hydrogen-bond acceptors (Lipinski definition) is 4. The molecule has 2 aromatic carbocycles. The Labute approximate surface area is 154 Å². The second-order valence-electron chi connectivity index (χ2n) is 5.88. The van der Waals surface area contributed by atoms with Crippen LogP contribution in [-0.4, -0.2) is 25.1 Å². The first-order valence-electron chi connectivity index (χ1n) is 7.92. The number of esters is 1. The number of nitrogens with one attached hydrogen (secondary N) is 1. The van der Waals surface area contributed by atoms with E-state index in [2.05, 4.69) is 21.2 Å². The molecule has 6 heteroatoms. The van der Waals surface area contributed by atoms with Gasteiger partial charge < -0.3 is 14.8 Å². The zero-order valence-corrected chi connectivity index (χ0v) is 15.5. The molecule has 1 amide bonds. The summed E-state index contributed by atoms with van der Waals surface area (Å²) in [7, 11) is 1.60. The molecule has 2 unspecified atom stereocenters. The van der Waals surface area contributed by atoms with E-state index in [4.69, 9.17) is 9.47 Å². The molecule has 1 aliphatic heterocycles. The van der Waals surface area contributed by atoms with Crippen molar-refractivity contribution in [3.8, 4) is 5.75 Å². The number of ether oxygens (including phenoxy) is 2. The quantitative estimate of drug-likeness (QED) is 0.794.